The van der Waals surface area contributed by atoms with Crippen molar-refractivity contribution in [3.05, 3.63) is 65.4 Å². The summed E-state index contributed by atoms with van der Waals surface area (Å²) in [6, 6.07) is 10.0. The van der Waals surface area contributed by atoms with E-state index in [-0.39, 0.29) is 6.54 Å². The van der Waals surface area contributed by atoms with Crippen LogP contribution in [0.15, 0.2) is 42.5 Å². The third-order valence-corrected chi connectivity index (χ3v) is 3.80. The Morgan fingerprint density at radius 2 is 1.92 bits per heavy atom. The van der Waals surface area contributed by atoms with Crippen LogP contribution in [-0.2, 0) is 0 Å². The molecule has 0 aliphatic heterocycles. The van der Waals surface area contributed by atoms with Crippen molar-refractivity contribution in [2.24, 2.45) is 0 Å². The summed E-state index contributed by atoms with van der Waals surface area (Å²) < 4.78 is 27.2. The predicted molar refractivity (Wildman–Crippen MR) is 91.4 cm³/mol. The molecule has 3 rings (SSSR count). The fourth-order valence-corrected chi connectivity index (χ4v) is 2.65. The van der Waals surface area contributed by atoms with Gasteiger partial charge in [-0.05, 0) is 43.3 Å². The van der Waals surface area contributed by atoms with Crippen LogP contribution in [0.2, 0.25) is 0 Å². The molecule has 0 saturated carbocycles. The van der Waals surface area contributed by atoms with Gasteiger partial charge in [0.2, 0.25) is 0 Å². The maximum absolute atomic E-state index is 13.6. The number of amides is 2. The Labute approximate surface area is 142 Å². The molecule has 1 aromatic heterocycles. The number of urea groups is 1. The number of aryl methyl sites for hydroxylation is 1. The minimum Gasteiger partial charge on any atom is -0.386 e. The fourth-order valence-electron chi connectivity index (χ4n) is 2.65. The molecule has 0 saturated heterocycles. The number of carbonyl (C=O) groups is 1. The van der Waals surface area contributed by atoms with Crippen LogP contribution in [0.5, 0.6) is 0 Å². The average molecular weight is 345 g/mol. The number of halogens is 2. The molecule has 0 aliphatic carbocycles. The molecular formula is C18H17F2N3O2. The Hall–Kier alpha value is -2.93. The lowest BCUT2D eigenvalue weighted by Gasteiger charge is -2.14. The normalized spacial score (nSPS) is 12.2. The van der Waals surface area contributed by atoms with Crippen molar-refractivity contribution in [1.29, 1.82) is 0 Å². The average Bonchev–Trinajstić information content (AvgIpc) is 2.92. The zero-order valence-electron chi connectivity index (χ0n) is 13.4. The highest BCUT2D eigenvalue weighted by Gasteiger charge is 2.18. The number of carbonyl (C=O) groups excluding carboxylic acids is 1. The Kier molecular flexibility index (Phi) is 4.67. The Morgan fingerprint density at radius 1 is 1.20 bits per heavy atom. The number of anilines is 1. The molecule has 3 aromatic rings. The second-order valence-corrected chi connectivity index (χ2v) is 5.74. The highest BCUT2D eigenvalue weighted by atomic mass is 19.1. The van der Waals surface area contributed by atoms with E-state index in [2.05, 4.69) is 15.6 Å². The van der Waals surface area contributed by atoms with E-state index in [1.807, 2.05) is 19.1 Å². The summed E-state index contributed by atoms with van der Waals surface area (Å²) in [7, 11) is 0. The van der Waals surface area contributed by atoms with E-state index in [1.165, 1.54) is 6.07 Å². The highest BCUT2D eigenvalue weighted by molar-refractivity contribution is 5.93. The topological polar surface area (TPSA) is 77.2 Å². The van der Waals surface area contributed by atoms with Crippen LogP contribution >= 0.6 is 0 Å². The van der Waals surface area contributed by atoms with Crippen LogP contribution in [0.25, 0.3) is 10.9 Å². The minimum atomic E-state index is -1.48. The van der Waals surface area contributed by atoms with Gasteiger partial charge in [0.1, 0.15) is 17.7 Å². The molecule has 0 fully saturated rings. The number of aromatic nitrogens is 1. The number of fused-ring (bicyclic) bond motifs is 1. The first-order chi connectivity index (χ1) is 11.9. The number of rotatable bonds is 4. The van der Waals surface area contributed by atoms with Crippen molar-refractivity contribution in [2.45, 2.75) is 13.0 Å². The summed E-state index contributed by atoms with van der Waals surface area (Å²) in [5, 5.41) is 15.9. The van der Waals surface area contributed by atoms with E-state index in [4.69, 9.17) is 0 Å². The molecule has 5 nitrogen and oxygen atoms in total. The lowest BCUT2D eigenvalue weighted by atomic mass is 10.1. The van der Waals surface area contributed by atoms with Gasteiger partial charge in [-0.25, -0.2) is 13.6 Å². The molecule has 0 radical (unpaired) electrons. The first-order valence-corrected chi connectivity index (χ1v) is 7.70. The van der Waals surface area contributed by atoms with E-state index >= 15 is 0 Å². The zero-order chi connectivity index (χ0) is 18.0. The standard InChI is InChI=1S/C18H17F2N3O2/c1-10-7-11-8-12(5-6-15(11)22-10)23-18(25)21-9-16(24)17-13(19)3-2-4-14(17)20/h2-8,16,22,24H,9H2,1H3,(H2,21,23,25). The summed E-state index contributed by atoms with van der Waals surface area (Å²) in [4.78, 5) is 15.1. The Balaban J connectivity index is 1.62. The van der Waals surface area contributed by atoms with E-state index in [0.29, 0.717) is 5.69 Å². The first kappa shape index (κ1) is 16.9. The predicted octanol–water partition coefficient (Wildman–Crippen LogP) is 3.61. The first-order valence-electron chi connectivity index (χ1n) is 7.70. The van der Waals surface area contributed by atoms with Gasteiger partial charge in [0.25, 0.3) is 0 Å². The minimum absolute atomic E-state index is 0.324. The monoisotopic (exact) mass is 345 g/mol. The van der Waals surface area contributed by atoms with Gasteiger partial charge in [-0.1, -0.05) is 6.07 Å². The van der Waals surface area contributed by atoms with Crippen LogP contribution in [0.1, 0.15) is 17.4 Å². The molecule has 7 heteroatoms. The SMILES string of the molecule is Cc1cc2cc(NC(=O)NCC(O)c3c(F)cccc3F)ccc2[nH]1. The Morgan fingerprint density at radius 3 is 2.64 bits per heavy atom. The van der Waals surface area contributed by atoms with Crippen molar-refractivity contribution in [2.75, 3.05) is 11.9 Å². The van der Waals surface area contributed by atoms with E-state index in [0.717, 1.165) is 28.7 Å². The molecule has 25 heavy (non-hydrogen) atoms. The molecule has 1 atom stereocenters. The number of nitrogens with one attached hydrogen (secondary N) is 3. The maximum atomic E-state index is 13.6. The lowest BCUT2D eigenvalue weighted by Crippen LogP contribution is -2.32. The van der Waals surface area contributed by atoms with Gasteiger partial charge in [0.15, 0.2) is 0 Å². The third kappa shape index (κ3) is 3.77. The van der Waals surface area contributed by atoms with Gasteiger partial charge in [-0.2, -0.15) is 0 Å². The number of aromatic amines is 1. The fraction of sp³-hybridized carbons (Fsp3) is 0.167. The van der Waals surface area contributed by atoms with E-state index in [1.54, 1.807) is 12.1 Å². The summed E-state index contributed by atoms with van der Waals surface area (Å²) in [6.07, 6.45) is -1.48. The molecule has 1 heterocycles. The summed E-state index contributed by atoms with van der Waals surface area (Å²) in [5.41, 5.74) is 2.06. The highest BCUT2D eigenvalue weighted by Crippen LogP contribution is 2.21. The number of benzene rings is 2. The summed E-state index contributed by atoms with van der Waals surface area (Å²) in [5.74, 6) is -1.72. The number of aliphatic hydroxyl groups excluding tert-OH is 1. The molecule has 0 spiro atoms. The van der Waals surface area contributed by atoms with Gasteiger partial charge in [-0.15, -0.1) is 0 Å². The van der Waals surface area contributed by atoms with Crippen LogP contribution < -0.4 is 10.6 Å². The van der Waals surface area contributed by atoms with Crippen LogP contribution in [0.3, 0.4) is 0 Å². The summed E-state index contributed by atoms with van der Waals surface area (Å²) >= 11 is 0. The van der Waals surface area contributed by atoms with Crippen molar-refractivity contribution in [3.8, 4) is 0 Å². The second kappa shape index (κ2) is 6.90. The smallest absolute Gasteiger partial charge is 0.319 e. The third-order valence-electron chi connectivity index (χ3n) is 3.80. The van der Waals surface area contributed by atoms with Gasteiger partial charge < -0.3 is 20.7 Å². The molecule has 130 valence electrons. The summed E-state index contributed by atoms with van der Waals surface area (Å²) in [6.45, 7) is 1.61. The van der Waals surface area contributed by atoms with Crippen molar-refractivity contribution in [3.63, 3.8) is 0 Å². The van der Waals surface area contributed by atoms with Gasteiger partial charge in [-0.3, -0.25) is 0 Å². The number of aliphatic hydroxyl groups is 1. The van der Waals surface area contributed by atoms with Crippen molar-refractivity contribution >= 4 is 22.6 Å². The second-order valence-electron chi connectivity index (χ2n) is 5.74. The van der Waals surface area contributed by atoms with Gasteiger partial charge in [0, 0.05) is 28.8 Å². The van der Waals surface area contributed by atoms with E-state index < -0.39 is 29.3 Å². The molecule has 4 N–H and O–H groups in total. The quantitative estimate of drug-likeness (QED) is 0.583. The largest absolute Gasteiger partial charge is 0.386 e. The van der Waals surface area contributed by atoms with Crippen LogP contribution in [-0.4, -0.2) is 22.7 Å². The molecule has 2 amide bonds. The molecular weight excluding hydrogens is 328 g/mol. The van der Waals surface area contributed by atoms with Gasteiger partial charge >= 0.3 is 6.03 Å². The molecule has 2 aromatic carbocycles. The number of H-pyrrole nitrogens is 1. The number of hydrogen-bond acceptors (Lipinski definition) is 2. The molecule has 0 aliphatic rings. The Bertz CT molecular complexity index is 904. The molecule has 0 bridgehead atoms. The van der Waals surface area contributed by atoms with E-state index in [9.17, 15) is 18.7 Å². The van der Waals surface area contributed by atoms with Gasteiger partial charge in [0.05, 0.1) is 5.56 Å². The van der Waals surface area contributed by atoms with Crippen LogP contribution in [0.4, 0.5) is 19.3 Å². The van der Waals surface area contributed by atoms with Crippen LogP contribution in [0, 0.1) is 18.6 Å². The van der Waals surface area contributed by atoms with Crippen molar-refractivity contribution < 1.29 is 18.7 Å². The number of hydrogen-bond donors (Lipinski definition) is 4. The lowest BCUT2D eigenvalue weighted by molar-refractivity contribution is 0.166. The maximum Gasteiger partial charge on any atom is 0.319 e. The zero-order valence-corrected chi connectivity index (χ0v) is 13.4. The van der Waals surface area contributed by atoms with Crippen molar-refractivity contribution in [1.82, 2.24) is 10.3 Å². The molecule has 1 unspecified atom stereocenters.